The molecule has 0 atom stereocenters. The zero-order chi connectivity index (χ0) is 21.2. The number of nitrogens with zero attached hydrogens (tertiary/aromatic N) is 1. The van der Waals surface area contributed by atoms with Crippen LogP contribution in [0.3, 0.4) is 0 Å². The van der Waals surface area contributed by atoms with E-state index in [-0.39, 0.29) is 32.8 Å². The lowest BCUT2D eigenvalue weighted by atomic mass is 10.1. The first-order valence-corrected chi connectivity index (χ1v) is 9.43. The topological polar surface area (TPSA) is 31.4 Å². The average molecular weight is 483 g/mol. The number of halogens is 7. The quantitative estimate of drug-likeness (QED) is 0.368. The van der Waals surface area contributed by atoms with Crippen LogP contribution in [0.15, 0.2) is 53.2 Å². The number of fused-ring (bicyclic) bond motifs is 1. The maximum Gasteiger partial charge on any atom is 0.417 e. The van der Waals surface area contributed by atoms with Gasteiger partial charge in [-0.15, -0.1) is 0 Å². The second-order valence-corrected chi connectivity index (χ2v) is 7.47. The molecule has 152 valence electrons. The Labute approximate surface area is 183 Å². The number of ether oxygens (including phenoxy) is 2. The zero-order valence-corrected chi connectivity index (χ0v) is 17.3. The van der Waals surface area contributed by atoms with Crippen LogP contribution in [0.25, 0.3) is 10.8 Å². The standard InChI is InChI=1S/C19H10Cl4F3NO2/c20-14-7-11(19(24,25)26)9-27-18(14)29-15-4-2-10-1-3-12(8-13(10)17(15)23)28-6-5-16(21)22/h1-5,7-9H,6H2. The predicted molar refractivity (Wildman–Crippen MR) is 109 cm³/mol. The fourth-order valence-corrected chi connectivity index (χ4v) is 2.97. The third-order valence-electron chi connectivity index (χ3n) is 3.72. The van der Waals surface area contributed by atoms with E-state index >= 15 is 0 Å². The number of alkyl halides is 3. The van der Waals surface area contributed by atoms with Crippen molar-refractivity contribution in [3.05, 3.63) is 68.8 Å². The molecule has 3 nitrogen and oxygen atoms in total. The van der Waals surface area contributed by atoms with Gasteiger partial charge < -0.3 is 9.47 Å². The number of hydrogen-bond acceptors (Lipinski definition) is 3. The summed E-state index contributed by atoms with van der Waals surface area (Å²) >= 11 is 23.4. The van der Waals surface area contributed by atoms with E-state index in [2.05, 4.69) is 4.98 Å². The summed E-state index contributed by atoms with van der Waals surface area (Å²) in [4.78, 5) is 3.65. The van der Waals surface area contributed by atoms with Crippen LogP contribution in [0.5, 0.6) is 17.4 Å². The minimum Gasteiger partial charge on any atom is -0.489 e. The zero-order valence-electron chi connectivity index (χ0n) is 14.2. The van der Waals surface area contributed by atoms with Crippen LogP contribution < -0.4 is 9.47 Å². The van der Waals surface area contributed by atoms with E-state index in [0.29, 0.717) is 17.3 Å². The van der Waals surface area contributed by atoms with Gasteiger partial charge in [-0.25, -0.2) is 4.98 Å². The molecule has 0 aliphatic carbocycles. The Balaban J connectivity index is 1.90. The van der Waals surface area contributed by atoms with Crippen molar-refractivity contribution < 1.29 is 22.6 Å². The van der Waals surface area contributed by atoms with Gasteiger partial charge in [-0.3, -0.25) is 0 Å². The summed E-state index contributed by atoms with van der Waals surface area (Å²) in [5, 5.41) is 1.33. The minimum atomic E-state index is -4.56. The van der Waals surface area contributed by atoms with Crippen LogP contribution in [-0.2, 0) is 6.18 Å². The highest BCUT2D eigenvalue weighted by molar-refractivity contribution is 6.55. The van der Waals surface area contributed by atoms with E-state index < -0.39 is 11.7 Å². The molecule has 3 aromatic rings. The summed E-state index contributed by atoms with van der Waals surface area (Å²) in [6, 6.07) is 9.24. The maximum atomic E-state index is 12.7. The fraction of sp³-hybridized carbons (Fsp3) is 0.105. The lowest BCUT2D eigenvalue weighted by molar-refractivity contribution is -0.137. The molecule has 0 aliphatic heterocycles. The third-order valence-corrected chi connectivity index (χ3v) is 4.69. The van der Waals surface area contributed by atoms with Gasteiger partial charge in [-0.1, -0.05) is 58.5 Å². The second kappa shape index (κ2) is 8.88. The van der Waals surface area contributed by atoms with E-state index in [1.807, 2.05) is 0 Å². The molecule has 0 unspecified atom stereocenters. The van der Waals surface area contributed by atoms with Gasteiger partial charge in [0.2, 0.25) is 5.88 Å². The van der Waals surface area contributed by atoms with Crippen molar-refractivity contribution in [2.24, 2.45) is 0 Å². The number of benzene rings is 2. The Morgan fingerprint density at radius 2 is 1.79 bits per heavy atom. The number of pyridine rings is 1. The molecule has 0 aliphatic rings. The monoisotopic (exact) mass is 481 g/mol. The lowest BCUT2D eigenvalue weighted by Gasteiger charge is -2.12. The van der Waals surface area contributed by atoms with Crippen LogP contribution in [0.2, 0.25) is 10.0 Å². The molecule has 0 N–H and O–H groups in total. The number of hydrogen-bond donors (Lipinski definition) is 0. The van der Waals surface area contributed by atoms with Crippen LogP contribution in [-0.4, -0.2) is 11.6 Å². The average Bonchev–Trinajstić information content (AvgIpc) is 2.64. The molecular formula is C19H10Cl4F3NO2. The van der Waals surface area contributed by atoms with Crippen LogP contribution in [0.1, 0.15) is 5.56 Å². The van der Waals surface area contributed by atoms with Crippen molar-refractivity contribution in [2.45, 2.75) is 6.18 Å². The van der Waals surface area contributed by atoms with Gasteiger partial charge in [0.1, 0.15) is 27.6 Å². The Hall–Kier alpha value is -1.86. The molecule has 0 saturated carbocycles. The number of aromatic nitrogens is 1. The minimum absolute atomic E-state index is 0.0837. The van der Waals surface area contributed by atoms with Crippen molar-refractivity contribution in [1.29, 1.82) is 0 Å². The SMILES string of the molecule is FC(F)(F)c1cnc(Oc2ccc3ccc(OCC=C(Cl)Cl)cc3c2Cl)c(Cl)c1. The lowest BCUT2D eigenvalue weighted by Crippen LogP contribution is -2.05. The third kappa shape index (κ3) is 5.39. The summed E-state index contributed by atoms with van der Waals surface area (Å²) in [5.74, 6) is 0.484. The van der Waals surface area contributed by atoms with Gasteiger partial charge >= 0.3 is 6.18 Å². The molecular weight excluding hydrogens is 473 g/mol. The first-order chi connectivity index (χ1) is 13.6. The summed E-state index contributed by atoms with van der Waals surface area (Å²) in [6.07, 6.45) is -2.45. The van der Waals surface area contributed by atoms with E-state index in [4.69, 9.17) is 55.9 Å². The van der Waals surface area contributed by atoms with Gasteiger partial charge in [0.25, 0.3) is 0 Å². The van der Waals surface area contributed by atoms with Gasteiger partial charge in [-0.2, -0.15) is 13.2 Å². The highest BCUT2D eigenvalue weighted by atomic mass is 35.5. The smallest absolute Gasteiger partial charge is 0.417 e. The molecule has 1 aromatic heterocycles. The summed E-state index contributed by atoms with van der Waals surface area (Å²) in [6.45, 7) is 0.159. The summed E-state index contributed by atoms with van der Waals surface area (Å²) in [5.41, 5.74) is -0.979. The fourth-order valence-electron chi connectivity index (χ4n) is 2.37. The van der Waals surface area contributed by atoms with Crippen molar-refractivity contribution in [1.82, 2.24) is 4.98 Å². The molecule has 3 rings (SSSR count). The molecule has 29 heavy (non-hydrogen) atoms. The predicted octanol–water partition coefficient (Wildman–Crippen LogP) is 8.05. The van der Waals surface area contributed by atoms with E-state index in [1.165, 1.54) is 6.08 Å². The van der Waals surface area contributed by atoms with Crippen LogP contribution in [0, 0.1) is 0 Å². The molecule has 2 aromatic carbocycles. The Morgan fingerprint density at radius 1 is 1.07 bits per heavy atom. The molecule has 0 fully saturated rings. The van der Waals surface area contributed by atoms with Crippen LogP contribution >= 0.6 is 46.4 Å². The Kier molecular flexibility index (Phi) is 6.69. The second-order valence-electron chi connectivity index (χ2n) is 5.68. The normalized spacial score (nSPS) is 11.4. The molecule has 0 spiro atoms. The van der Waals surface area contributed by atoms with E-state index in [1.54, 1.807) is 30.3 Å². The van der Waals surface area contributed by atoms with Crippen molar-refractivity contribution in [3.8, 4) is 17.4 Å². The van der Waals surface area contributed by atoms with Gasteiger partial charge in [0.05, 0.1) is 10.6 Å². The molecule has 10 heteroatoms. The van der Waals surface area contributed by atoms with Crippen LogP contribution in [0.4, 0.5) is 13.2 Å². The Bertz CT molecular complexity index is 1080. The van der Waals surface area contributed by atoms with E-state index in [9.17, 15) is 13.2 Å². The largest absolute Gasteiger partial charge is 0.489 e. The summed E-state index contributed by atoms with van der Waals surface area (Å²) in [7, 11) is 0. The molecule has 0 bridgehead atoms. The highest BCUT2D eigenvalue weighted by Crippen LogP contribution is 2.39. The maximum absolute atomic E-state index is 12.7. The number of rotatable bonds is 5. The van der Waals surface area contributed by atoms with Crippen molar-refractivity contribution >= 4 is 57.2 Å². The Morgan fingerprint density at radius 3 is 2.45 bits per heavy atom. The molecule has 0 radical (unpaired) electrons. The van der Waals surface area contributed by atoms with Gasteiger partial charge in [0, 0.05) is 11.6 Å². The molecule has 1 heterocycles. The first-order valence-electron chi connectivity index (χ1n) is 7.92. The first kappa shape index (κ1) is 21.8. The van der Waals surface area contributed by atoms with Gasteiger partial charge in [-0.05, 0) is 35.7 Å². The van der Waals surface area contributed by atoms with Crippen molar-refractivity contribution in [2.75, 3.05) is 6.61 Å². The molecule has 0 saturated heterocycles. The highest BCUT2D eigenvalue weighted by Gasteiger charge is 2.31. The van der Waals surface area contributed by atoms with Crippen molar-refractivity contribution in [3.63, 3.8) is 0 Å². The summed E-state index contributed by atoms with van der Waals surface area (Å²) < 4.78 is 49.4. The van der Waals surface area contributed by atoms with Gasteiger partial charge in [0.15, 0.2) is 0 Å². The van der Waals surface area contributed by atoms with E-state index in [0.717, 1.165) is 11.5 Å². The molecule has 0 amide bonds.